The van der Waals surface area contributed by atoms with Gasteiger partial charge in [0.05, 0.1) is 0 Å². The van der Waals surface area contributed by atoms with E-state index in [-0.39, 0.29) is 11.5 Å². The third-order valence-electron chi connectivity index (χ3n) is 2.34. The fourth-order valence-electron chi connectivity index (χ4n) is 1.54. The number of benzene rings is 1. The van der Waals surface area contributed by atoms with Gasteiger partial charge in [0, 0.05) is 0 Å². The van der Waals surface area contributed by atoms with Crippen LogP contribution in [-0.4, -0.2) is 37.0 Å². The van der Waals surface area contributed by atoms with Crippen molar-refractivity contribution >= 4 is 0 Å². The molecule has 0 bridgehead atoms. The number of rotatable bonds is 5. The van der Waals surface area contributed by atoms with Crippen LogP contribution in [-0.2, 0) is 6.42 Å². The van der Waals surface area contributed by atoms with E-state index in [0.717, 1.165) is 19.0 Å². The summed E-state index contributed by atoms with van der Waals surface area (Å²) in [5.74, 6) is -0.316. The third kappa shape index (κ3) is 5.27. The Morgan fingerprint density at radius 3 is 2.50 bits per heavy atom. The topological polar surface area (TPSA) is 32.7 Å². The van der Waals surface area contributed by atoms with E-state index in [0.29, 0.717) is 12.0 Å². The Hall–Kier alpha value is -1.43. The molecule has 0 heterocycles. The van der Waals surface area contributed by atoms with Crippen LogP contribution in [0.2, 0.25) is 0 Å². The van der Waals surface area contributed by atoms with Crippen LogP contribution in [0.1, 0.15) is 12.0 Å². The second kappa shape index (κ2) is 5.95. The molecular weight excluding hydrogens is 247 g/mol. The number of hydrogen-bond acceptors (Lipinski definition) is 3. The fraction of sp³-hybridized carbons (Fsp3) is 0.500. The van der Waals surface area contributed by atoms with Crippen LogP contribution in [0.4, 0.5) is 13.2 Å². The van der Waals surface area contributed by atoms with Gasteiger partial charge >= 0.3 is 6.36 Å². The molecule has 0 aliphatic carbocycles. The molecule has 6 heteroatoms. The Morgan fingerprint density at radius 2 is 1.94 bits per heavy atom. The van der Waals surface area contributed by atoms with Crippen molar-refractivity contribution in [2.45, 2.75) is 19.2 Å². The number of phenols is 1. The Bertz CT molecular complexity index is 391. The lowest BCUT2D eigenvalue weighted by Crippen LogP contribution is -2.17. The molecular formula is C12H16F3NO2. The van der Waals surface area contributed by atoms with Gasteiger partial charge in [-0.2, -0.15) is 0 Å². The summed E-state index contributed by atoms with van der Waals surface area (Å²) in [6, 6.07) is 3.53. The lowest BCUT2D eigenvalue weighted by atomic mass is 10.1. The van der Waals surface area contributed by atoms with Crippen LogP contribution in [0, 0.1) is 0 Å². The van der Waals surface area contributed by atoms with Gasteiger partial charge in [0.15, 0.2) is 0 Å². The molecule has 1 N–H and O–H groups in total. The minimum atomic E-state index is -4.71. The summed E-state index contributed by atoms with van der Waals surface area (Å²) in [4.78, 5) is 1.97. The van der Waals surface area contributed by atoms with Crippen LogP contribution < -0.4 is 4.74 Å². The van der Waals surface area contributed by atoms with E-state index in [1.54, 1.807) is 0 Å². The molecule has 0 aromatic heterocycles. The van der Waals surface area contributed by atoms with Crippen LogP contribution in [0.3, 0.4) is 0 Å². The summed E-state index contributed by atoms with van der Waals surface area (Å²) >= 11 is 0. The van der Waals surface area contributed by atoms with E-state index in [2.05, 4.69) is 4.74 Å². The van der Waals surface area contributed by atoms with Gasteiger partial charge in [0.1, 0.15) is 11.5 Å². The van der Waals surface area contributed by atoms with E-state index in [1.807, 2.05) is 19.0 Å². The van der Waals surface area contributed by atoms with Gasteiger partial charge in [-0.25, -0.2) is 0 Å². The van der Waals surface area contributed by atoms with Crippen LogP contribution in [0.5, 0.6) is 11.5 Å². The van der Waals surface area contributed by atoms with Crippen molar-refractivity contribution in [2.75, 3.05) is 20.6 Å². The first-order valence-electron chi connectivity index (χ1n) is 5.50. The molecule has 0 aliphatic rings. The molecule has 102 valence electrons. The van der Waals surface area contributed by atoms with Crippen molar-refractivity contribution in [1.82, 2.24) is 4.90 Å². The maximum Gasteiger partial charge on any atom is 0.573 e. The van der Waals surface area contributed by atoms with Gasteiger partial charge in [-0.05, 0) is 57.2 Å². The van der Waals surface area contributed by atoms with Gasteiger partial charge in [0.25, 0.3) is 0 Å². The predicted molar refractivity (Wildman–Crippen MR) is 61.7 cm³/mol. The van der Waals surface area contributed by atoms with E-state index in [9.17, 15) is 18.3 Å². The highest BCUT2D eigenvalue weighted by atomic mass is 19.4. The normalized spacial score (nSPS) is 11.9. The molecule has 0 saturated heterocycles. The van der Waals surface area contributed by atoms with Crippen molar-refractivity contribution in [3.63, 3.8) is 0 Å². The summed E-state index contributed by atoms with van der Waals surface area (Å²) in [6.45, 7) is 0.795. The number of halogens is 3. The van der Waals surface area contributed by atoms with Crippen molar-refractivity contribution < 1.29 is 23.0 Å². The molecule has 0 saturated carbocycles. The van der Waals surface area contributed by atoms with E-state index >= 15 is 0 Å². The first-order chi connectivity index (χ1) is 8.28. The SMILES string of the molecule is CN(C)CCCc1cc(OC(F)(F)F)ccc1O. The minimum absolute atomic E-state index is 0.0109. The van der Waals surface area contributed by atoms with Gasteiger partial charge in [0.2, 0.25) is 0 Å². The third-order valence-corrected chi connectivity index (χ3v) is 2.34. The van der Waals surface area contributed by atoms with Crippen molar-refractivity contribution in [2.24, 2.45) is 0 Å². The van der Waals surface area contributed by atoms with E-state index < -0.39 is 6.36 Å². The second-order valence-electron chi connectivity index (χ2n) is 4.25. The molecule has 1 aromatic rings. The lowest BCUT2D eigenvalue weighted by Gasteiger charge is -2.12. The van der Waals surface area contributed by atoms with Gasteiger partial charge < -0.3 is 14.7 Å². The molecule has 18 heavy (non-hydrogen) atoms. The molecule has 3 nitrogen and oxygen atoms in total. The van der Waals surface area contributed by atoms with Gasteiger partial charge in [-0.3, -0.25) is 0 Å². The number of aryl methyl sites for hydroxylation is 1. The standard InChI is InChI=1S/C12H16F3NO2/c1-16(2)7-3-4-9-8-10(5-6-11(9)17)18-12(13,14)15/h5-6,8,17H,3-4,7H2,1-2H3. The highest BCUT2D eigenvalue weighted by molar-refractivity contribution is 5.39. The first-order valence-corrected chi connectivity index (χ1v) is 5.50. The number of hydrogen-bond donors (Lipinski definition) is 1. The van der Waals surface area contributed by atoms with Crippen molar-refractivity contribution in [3.8, 4) is 11.5 Å². The highest BCUT2D eigenvalue weighted by Crippen LogP contribution is 2.28. The zero-order chi connectivity index (χ0) is 13.8. The summed E-state index contributed by atoms with van der Waals surface area (Å²) in [5, 5.41) is 9.55. The summed E-state index contributed by atoms with van der Waals surface area (Å²) in [6.07, 6.45) is -3.47. The zero-order valence-corrected chi connectivity index (χ0v) is 10.3. The quantitative estimate of drug-likeness (QED) is 0.886. The number of phenolic OH excluding ortho intramolecular Hbond substituents is 1. The minimum Gasteiger partial charge on any atom is -0.508 e. The van der Waals surface area contributed by atoms with Gasteiger partial charge in [-0.15, -0.1) is 13.2 Å². The molecule has 0 atom stereocenters. The molecule has 0 amide bonds. The second-order valence-corrected chi connectivity index (χ2v) is 4.25. The summed E-state index contributed by atoms with van der Waals surface area (Å²) in [7, 11) is 3.81. The number of nitrogens with zero attached hydrogens (tertiary/aromatic N) is 1. The maximum absolute atomic E-state index is 12.0. The van der Waals surface area contributed by atoms with E-state index in [1.165, 1.54) is 12.1 Å². The molecule has 1 aromatic carbocycles. The highest BCUT2D eigenvalue weighted by Gasteiger charge is 2.31. The van der Waals surface area contributed by atoms with E-state index in [4.69, 9.17) is 0 Å². The summed E-state index contributed by atoms with van der Waals surface area (Å²) < 4.78 is 39.9. The van der Waals surface area contributed by atoms with Crippen LogP contribution in [0.25, 0.3) is 0 Å². The first kappa shape index (κ1) is 14.6. The van der Waals surface area contributed by atoms with Crippen molar-refractivity contribution in [1.29, 1.82) is 0 Å². The van der Waals surface area contributed by atoms with Crippen molar-refractivity contribution in [3.05, 3.63) is 23.8 Å². The Balaban J connectivity index is 2.69. The lowest BCUT2D eigenvalue weighted by molar-refractivity contribution is -0.274. The Kier molecular flexibility index (Phi) is 4.84. The number of aromatic hydroxyl groups is 1. The molecule has 0 fully saturated rings. The maximum atomic E-state index is 12.0. The number of alkyl halides is 3. The average molecular weight is 263 g/mol. The molecule has 0 radical (unpaired) electrons. The fourth-order valence-corrected chi connectivity index (χ4v) is 1.54. The zero-order valence-electron chi connectivity index (χ0n) is 10.3. The largest absolute Gasteiger partial charge is 0.573 e. The molecule has 1 rings (SSSR count). The smallest absolute Gasteiger partial charge is 0.508 e. The monoisotopic (exact) mass is 263 g/mol. The average Bonchev–Trinajstić information content (AvgIpc) is 2.20. The Morgan fingerprint density at radius 1 is 1.28 bits per heavy atom. The molecule has 0 aliphatic heterocycles. The van der Waals surface area contributed by atoms with Gasteiger partial charge in [-0.1, -0.05) is 0 Å². The summed E-state index contributed by atoms with van der Waals surface area (Å²) in [5.41, 5.74) is 0.457. The molecule has 0 spiro atoms. The number of ether oxygens (including phenoxy) is 1. The predicted octanol–water partition coefficient (Wildman–Crippen LogP) is 2.79. The van der Waals surface area contributed by atoms with Crippen LogP contribution >= 0.6 is 0 Å². The Labute approximate surface area is 104 Å². The molecule has 0 unspecified atom stereocenters. The van der Waals surface area contributed by atoms with Crippen LogP contribution in [0.15, 0.2) is 18.2 Å².